The number of para-hydroxylation sites is 1. The van der Waals surface area contributed by atoms with E-state index in [-0.39, 0.29) is 5.91 Å². The van der Waals surface area contributed by atoms with Crippen LogP contribution in [0.15, 0.2) is 89.8 Å². The molecule has 5 heteroatoms. The van der Waals surface area contributed by atoms with E-state index in [1.165, 1.54) is 11.3 Å². The van der Waals surface area contributed by atoms with Crippen molar-refractivity contribution in [3.05, 3.63) is 101 Å². The largest absolute Gasteiger partial charge is 0.487 e. The Balaban J connectivity index is 1.46. The predicted octanol–water partition coefficient (Wildman–Crippen LogP) is 5.64. The van der Waals surface area contributed by atoms with Gasteiger partial charge in [0.2, 0.25) is 0 Å². The molecule has 1 aromatic heterocycles. The summed E-state index contributed by atoms with van der Waals surface area (Å²) in [5.41, 5.74) is 6.07. The number of benzene rings is 3. The number of thiazole rings is 1. The van der Waals surface area contributed by atoms with E-state index in [4.69, 9.17) is 4.74 Å². The molecule has 0 aliphatic heterocycles. The highest BCUT2D eigenvalue weighted by atomic mass is 32.1. The quantitative estimate of drug-likeness (QED) is 0.466. The first-order valence-corrected chi connectivity index (χ1v) is 9.79. The maximum absolute atomic E-state index is 12.7. The Morgan fingerprint density at radius 3 is 2.43 bits per heavy atom. The second-order valence-electron chi connectivity index (χ2n) is 6.16. The first kappa shape index (κ1) is 17.9. The third-order valence-corrected chi connectivity index (χ3v) is 4.88. The summed E-state index contributed by atoms with van der Waals surface area (Å²) in [4.78, 5) is 16.9. The average Bonchev–Trinajstić information content (AvgIpc) is 3.27. The van der Waals surface area contributed by atoms with Gasteiger partial charge in [0, 0.05) is 22.2 Å². The van der Waals surface area contributed by atoms with E-state index in [0.717, 1.165) is 22.5 Å². The zero-order valence-electron chi connectivity index (χ0n) is 15.0. The molecule has 0 unspecified atom stereocenters. The highest BCUT2D eigenvalue weighted by Gasteiger charge is 2.10. The van der Waals surface area contributed by atoms with Gasteiger partial charge in [0.25, 0.3) is 5.91 Å². The Kier molecular flexibility index (Phi) is 5.45. The van der Waals surface area contributed by atoms with Crippen LogP contribution in [0.4, 0.5) is 5.69 Å². The summed E-state index contributed by atoms with van der Waals surface area (Å²) in [6.45, 7) is 0.416. The molecule has 4 aromatic rings. The van der Waals surface area contributed by atoms with E-state index in [1.54, 1.807) is 29.8 Å². The second kappa shape index (κ2) is 8.50. The van der Waals surface area contributed by atoms with Gasteiger partial charge in [0.1, 0.15) is 12.4 Å². The molecule has 138 valence electrons. The highest BCUT2D eigenvalue weighted by Crippen LogP contribution is 2.28. The van der Waals surface area contributed by atoms with Crippen LogP contribution in [-0.4, -0.2) is 10.9 Å². The number of amides is 1. The number of carbonyl (C=O) groups is 1. The normalized spacial score (nSPS) is 10.4. The number of carbonyl (C=O) groups excluding carboxylic acids is 1. The van der Waals surface area contributed by atoms with Crippen LogP contribution in [0.1, 0.15) is 16.1 Å². The number of nitrogens with one attached hydrogen (secondary N) is 1. The minimum absolute atomic E-state index is 0.158. The topological polar surface area (TPSA) is 51.2 Å². The number of nitrogens with zero attached hydrogens (tertiary/aromatic N) is 1. The third-order valence-electron chi connectivity index (χ3n) is 4.25. The zero-order valence-corrected chi connectivity index (χ0v) is 15.9. The van der Waals surface area contributed by atoms with Gasteiger partial charge in [-0.1, -0.05) is 48.5 Å². The van der Waals surface area contributed by atoms with E-state index in [1.807, 2.05) is 60.0 Å². The lowest BCUT2D eigenvalue weighted by molar-refractivity contribution is 0.102. The van der Waals surface area contributed by atoms with E-state index in [2.05, 4.69) is 10.3 Å². The summed E-state index contributed by atoms with van der Waals surface area (Å²) in [6.07, 6.45) is 0. The molecular weight excluding hydrogens is 368 g/mol. The van der Waals surface area contributed by atoms with Crippen molar-refractivity contribution in [2.45, 2.75) is 6.61 Å². The monoisotopic (exact) mass is 386 g/mol. The highest BCUT2D eigenvalue weighted by molar-refractivity contribution is 7.07. The summed E-state index contributed by atoms with van der Waals surface area (Å²) in [5.74, 6) is 0.545. The Morgan fingerprint density at radius 2 is 1.68 bits per heavy atom. The number of hydrogen-bond donors (Lipinski definition) is 1. The van der Waals surface area contributed by atoms with Crippen LogP contribution in [0.5, 0.6) is 5.75 Å². The van der Waals surface area contributed by atoms with Gasteiger partial charge in [-0.05, 0) is 35.9 Å². The smallest absolute Gasteiger partial charge is 0.255 e. The van der Waals surface area contributed by atoms with Crippen molar-refractivity contribution in [2.24, 2.45) is 0 Å². The number of anilines is 1. The number of aromatic nitrogens is 1. The molecule has 0 atom stereocenters. The fraction of sp³-hybridized carbons (Fsp3) is 0.0435. The van der Waals surface area contributed by atoms with Crippen molar-refractivity contribution in [1.82, 2.24) is 4.98 Å². The zero-order chi connectivity index (χ0) is 19.2. The molecule has 0 aliphatic carbocycles. The molecule has 0 aliphatic rings. The van der Waals surface area contributed by atoms with Gasteiger partial charge >= 0.3 is 0 Å². The number of ether oxygens (including phenoxy) is 1. The molecule has 28 heavy (non-hydrogen) atoms. The molecule has 4 nitrogen and oxygen atoms in total. The average molecular weight is 386 g/mol. The van der Waals surface area contributed by atoms with Crippen LogP contribution in [-0.2, 0) is 6.61 Å². The fourth-order valence-corrected chi connectivity index (χ4v) is 3.37. The van der Waals surface area contributed by atoms with Gasteiger partial charge < -0.3 is 10.1 Å². The molecule has 0 radical (unpaired) electrons. The molecule has 0 saturated carbocycles. The van der Waals surface area contributed by atoms with Crippen LogP contribution in [0, 0.1) is 0 Å². The molecule has 1 N–H and O–H groups in total. The van der Waals surface area contributed by atoms with E-state index in [9.17, 15) is 4.79 Å². The molecule has 0 spiro atoms. The van der Waals surface area contributed by atoms with Crippen LogP contribution in [0.25, 0.3) is 11.1 Å². The van der Waals surface area contributed by atoms with Crippen molar-refractivity contribution in [3.8, 4) is 16.9 Å². The van der Waals surface area contributed by atoms with Crippen molar-refractivity contribution in [3.63, 3.8) is 0 Å². The fourth-order valence-electron chi connectivity index (χ4n) is 2.82. The lowest BCUT2D eigenvalue weighted by Crippen LogP contribution is -2.12. The van der Waals surface area contributed by atoms with Crippen LogP contribution in [0.2, 0.25) is 0 Å². The molecule has 0 bridgehead atoms. The Labute approximate surface area is 167 Å². The molecule has 1 amide bonds. The molecule has 3 aromatic carbocycles. The summed E-state index contributed by atoms with van der Waals surface area (Å²) in [7, 11) is 0. The van der Waals surface area contributed by atoms with E-state index in [0.29, 0.717) is 17.9 Å². The van der Waals surface area contributed by atoms with Gasteiger partial charge in [0.15, 0.2) is 0 Å². The summed E-state index contributed by atoms with van der Waals surface area (Å²) in [5, 5.41) is 4.96. The SMILES string of the molecule is O=C(Nc1ccccc1-c1ccccc1)c1ccc(OCc2cscn2)cc1. The number of hydrogen-bond acceptors (Lipinski definition) is 4. The molecule has 4 rings (SSSR count). The van der Waals surface area contributed by atoms with Gasteiger partial charge in [-0.15, -0.1) is 11.3 Å². The maximum atomic E-state index is 12.7. The van der Waals surface area contributed by atoms with E-state index >= 15 is 0 Å². The van der Waals surface area contributed by atoms with Crippen molar-refractivity contribution in [2.75, 3.05) is 5.32 Å². The Hall–Kier alpha value is -3.44. The molecule has 0 fully saturated rings. The standard InChI is InChI=1S/C23H18N2O2S/c26-23(18-10-12-20(13-11-18)27-14-19-15-28-16-24-19)25-22-9-5-4-8-21(22)17-6-2-1-3-7-17/h1-13,15-16H,14H2,(H,25,26). The van der Waals surface area contributed by atoms with Crippen molar-refractivity contribution < 1.29 is 9.53 Å². The van der Waals surface area contributed by atoms with Crippen LogP contribution in [0.3, 0.4) is 0 Å². The predicted molar refractivity (Wildman–Crippen MR) is 113 cm³/mol. The molecular formula is C23H18N2O2S. The van der Waals surface area contributed by atoms with Gasteiger partial charge in [-0.2, -0.15) is 0 Å². The minimum atomic E-state index is -0.158. The van der Waals surface area contributed by atoms with E-state index < -0.39 is 0 Å². The summed E-state index contributed by atoms with van der Waals surface area (Å²) in [6, 6.07) is 24.9. The lowest BCUT2D eigenvalue weighted by Gasteiger charge is -2.12. The summed E-state index contributed by atoms with van der Waals surface area (Å²) < 4.78 is 5.69. The van der Waals surface area contributed by atoms with Crippen molar-refractivity contribution in [1.29, 1.82) is 0 Å². The van der Waals surface area contributed by atoms with Gasteiger partial charge in [-0.25, -0.2) is 4.98 Å². The lowest BCUT2D eigenvalue weighted by atomic mass is 10.0. The third kappa shape index (κ3) is 4.27. The van der Waals surface area contributed by atoms with Crippen molar-refractivity contribution >= 4 is 22.9 Å². The molecule has 1 heterocycles. The van der Waals surface area contributed by atoms with Gasteiger partial charge in [0.05, 0.1) is 11.2 Å². The summed E-state index contributed by atoms with van der Waals surface area (Å²) >= 11 is 1.54. The second-order valence-corrected chi connectivity index (χ2v) is 6.88. The Bertz CT molecular complexity index is 1050. The van der Waals surface area contributed by atoms with Crippen LogP contribution < -0.4 is 10.1 Å². The number of rotatable bonds is 6. The Morgan fingerprint density at radius 1 is 0.929 bits per heavy atom. The maximum Gasteiger partial charge on any atom is 0.255 e. The molecule has 0 saturated heterocycles. The first-order chi connectivity index (χ1) is 13.8. The van der Waals surface area contributed by atoms with Crippen LogP contribution >= 0.6 is 11.3 Å². The minimum Gasteiger partial charge on any atom is -0.487 e. The van der Waals surface area contributed by atoms with Gasteiger partial charge in [-0.3, -0.25) is 4.79 Å². The first-order valence-electron chi connectivity index (χ1n) is 8.85.